The van der Waals surface area contributed by atoms with Crippen LogP contribution < -0.4 is 5.73 Å². The molecule has 1 aromatic rings. The highest BCUT2D eigenvalue weighted by atomic mass is 19.1. The van der Waals surface area contributed by atoms with Gasteiger partial charge in [0.05, 0.1) is 6.20 Å². The van der Waals surface area contributed by atoms with Crippen LogP contribution in [0.15, 0.2) is 18.3 Å². The van der Waals surface area contributed by atoms with Crippen LogP contribution >= 0.6 is 0 Å². The van der Waals surface area contributed by atoms with Gasteiger partial charge in [0, 0.05) is 26.2 Å². The van der Waals surface area contributed by atoms with Gasteiger partial charge in [0.25, 0.3) is 5.91 Å². The Kier molecular flexibility index (Phi) is 6.07. The average molecular weight is 294 g/mol. The zero-order valence-corrected chi connectivity index (χ0v) is 12.3. The fraction of sp³-hybridized carbons (Fsp3) is 0.600. The summed E-state index contributed by atoms with van der Waals surface area (Å²) in [5, 5.41) is 0. The molecule has 1 aliphatic rings. The van der Waals surface area contributed by atoms with Gasteiger partial charge in [-0.3, -0.25) is 9.69 Å². The van der Waals surface area contributed by atoms with Gasteiger partial charge >= 0.3 is 0 Å². The number of hydrogen-bond acceptors (Lipinski definition) is 4. The number of aromatic nitrogens is 1. The molecule has 1 fully saturated rings. The SMILES string of the molecule is NCCCCCN1CCN(C(=O)c2ccc(F)cn2)CC1. The smallest absolute Gasteiger partial charge is 0.272 e. The van der Waals surface area contributed by atoms with Crippen molar-refractivity contribution in [3.8, 4) is 0 Å². The number of hydrogen-bond donors (Lipinski definition) is 1. The van der Waals surface area contributed by atoms with E-state index < -0.39 is 5.82 Å². The fourth-order valence-electron chi connectivity index (χ4n) is 2.50. The third-order valence-corrected chi connectivity index (χ3v) is 3.78. The van der Waals surface area contributed by atoms with Gasteiger partial charge in [-0.2, -0.15) is 0 Å². The van der Waals surface area contributed by atoms with Crippen LogP contribution in [-0.2, 0) is 0 Å². The van der Waals surface area contributed by atoms with E-state index in [2.05, 4.69) is 9.88 Å². The molecule has 2 heterocycles. The molecule has 1 aromatic heterocycles. The topological polar surface area (TPSA) is 62.5 Å². The molecule has 21 heavy (non-hydrogen) atoms. The molecule has 0 saturated carbocycles. The molecule has 2 rings (SSSR count). The Morgan fingerprint density at radius 3 is 2.57 bits per heavy atom. The number of carbonyl (C=O) groups is 1. The molecule has 0 bridgehead atoms. The maximum Gasteiger partial charge on any atom is 0.272 e. The van der Waals surface area contributed by atoms with Crippen molar-refractivity contribution >= 4 is 5.91 Å². The van der Waals surface area contributed by atoms with Crippen molar-refractivity contribution in [3.63, 3.8) is 0 Å². The Bertz CT molecular complexity index is 443. The van der Waals surface area contributed by atoms with Crippen molar-refractivity contribution in [2.75, 3.05) is 39.3 Å². The summed E-state index contributed by atoms with van der Waals surface area (Å²) in [6.07, 6.45) is 4.48. The fourth-order valence-corrected chi connectivity index (χ4v) is 2.50. The number of nitrogens with zero attached hydrogens (tertiary/aromatic N) is 3. The van der Waals surface area contributed by atoms with Gasteiger partial charge in [-0.25, -0.2) is 9.37 Å². The first-order valence-electron chi connectivity index (χ1n) is 7.54. The minimum absolute atomic E-state index is 0.113. The summed E-state index contributed by atoms with van der Waals surface area (Å²) in [5.74, 6) is -0.536. The molecule has 5 nitrogen and oxygen atoms in total. The van der Waals surface area contributed by atoms with Gasteiger partial charge < -0.3 is 10.6 Å². The molecule has 116 valence electrons. The molecule has 0 radical (unpaired) electrons. The van der Waals surface area contributed by atoms with Gasteiger partial charge in [0.1, 0.15) is 11.5 Å². The number of amides is 1. The van der Waals surface area contributed by atoms with E-state index in [0.29, 0.717) is 18.8 Å². The molecule has 0 aromatic carbocycles. The van der Waals surface area contributed by atoms with Crippen molar-refractivity contribution in [1.29, 1.82) is 0 Å². The Hall–Kier alpha value is -1.53. The summed E-state index contributed by atoms with van der Waals surface area (Å²) >= 11 is 0. The Labute approximate surface area is 124 Å². The average Bonchev–Trinajstić information content (AvgIpc) is 2.52. The summed E-state index contributed by atoms with van der Waals surface area (Å²) in [6, 6.07) is 2.71. The highest BCUT2D eigenvalue weighted by Crippen LogP contribution is 2.09. The van der Waals surface area contributed by atoms with Crippen LogP contribution in [0.4, 0.5) is 4.39 Å². The Morgan fingerprint density at radius 2 is 1.95 bits per heavy atom. The highest BCUT2D eigenvalue weighted by Gasteiger charge is 2.22. The lowest BCUT2D eigenvalue weighted by Crippen LogP contribution is -2.49. The maximum absolute atomic E-state index is 12.8. The molecule has 0 aliphatic carbocycles. The second kappa shape index (κ2) is 8.05. The van der Waals surface area contributed by atoms with Gasteiger partial charge in [-0.05, 0) is 38.1 Å². The molecule has 2 N–H and O–H groups in total. The van der Waals surface area contributed by atoms with Crippen LogP contribution in [0.5, 0.6) is 0 Å². The van der Waals surface area contributed by atoms with Crippen molar-refractivity contribution in [3.05, 3.63) is 29.8 Å². The maximum atomic E-state index is 12.8. The third-order valence-electron chi connectivity index (χ3n) is 3.78. The quantitative estimate of drug-likeness (QED) is 0.798. The van der Waals surface area contributed by atoms with E-state index in [0.717, 1.165) is 51.6 Å². The summed E-state index contributed by atoms with van der Waals surface area (Å²) in [7, 11) is 0. The summed E-state index contributed by atoms with van der Waals surface area (Å²) in [4.78, 5) is 20.2. The monoisotopic (exact) mass is 294 g/mol. The van der Waals surface area contributed by atoms with E-state index in [1.54, 1.807) is 4.90 Å². The van der Waals surface area contributed by atoms with E-state index in [9.17, 15) is 9.18 Å². The predicted octanol–water partition coefficient (Wildman–Crippen LogP) is 1.11. The van der Waals surface area contributed by atoms with Gasteiger partial charge in [-0.1, -0.05) is 6.42 Å². The molecule has 0 atom stereocenters. The number of carbonyl (C=O) groups excluding carboxylic acids is 1. The summed E-state index contributed by atoms with van der Waals surface area (Å²) in [6.45, 7) is 5.00. The van der Waals surface area contributed by atoms with Crippen LogP contribution in [-0.4, -0.2) is 60.0 Å². The van der Waals surface area contributed by atoms with Gasteiger partial charge in [-0.15, -0.1) is 0 Å². The molecular formula is C15H23FN4O. The molecule has 0 spiro atoms. The molecule has 1 amide bonds. The van der Waals surface area contributed by atoms with E-state index in [4.69, 9.17) is 5.73 Å². The van der Waals surface area contributed by atoms with Crippen molar-refractivity contribution < 1.29 is 9.18 Å². The lowest BCUT2D eigenvalue weighted by atomic mass is 10.2. The predicted molar refractivity (Wildman–Crippen MR) is 79.4 cm³/mol. The number of nitrogens with two attached hydrogens (primary N) is 1. The van der Waals surface area contributed by atoms with Crippen molar-refractivity contribution in [2.45, 2.75) is 19.3 Å². The number of rotatable bonds is 6. The van der Waals surface area contributed by atoms with Crippen LogP contribution in [0.25, 0.3) is 0 Å². The van der Waals surface area contributed by atoms with E-state index in [1.807, 2.05) is 0 Å². The number of piperazine rings is 1. The van der Waals surface area contributed by atoms with E-state index in [1.165, 1.54) is 12.1 Å². The molecule has 6 heteroatoms. The third kappa shape index (κ3) is 4.75. The zero-order chi connectivity index (χ0) is 15.1. The van der Waals surface area contributed by atoms with Crippen molar-refractivity contribution in [2.24, 2.45) is 5.73 Å². The lowest BCUT2D eigenvalue weighted by molar-refractivity contribution is 0.0629. The summed E-state index contributed by atoms with van der Waals surface area (Å²) in [5.41, 5.74) is 5.79. The number of pyridine rings is 1. The van der Waals surface area contributed by atoms with E-state index in [-0.39, 0.29) is 5.91 Å². The second-order valence-electron chi connectivity index (χ2n) is 5.34. The first-order chi connectivity index (χ1) is 10.2. The standard InChI is InChI=1S/C15H23FN4O/c16-13-4-5-14(18-12-13)15(21)20-10-8-19(9-11-20)7-3-1-2-6-17/h4-5,12H,1-3,6-11,17H2. The van der Waals surface area contributed by atoms with Crippen LogP contribution in [0, 0.1) is 5.82 Å². The van der Waals surface area contributed by atoms with Crippen LogP contribution in [0.3, 0.4) is 0 Å². The molecule has 0 unspecified atom stereocenters. The van der Waals surface area contributed by atoms with E-state index >= 15 is 0 Å². The minimum Gasteiger partial charge on any atom is -0.335 e. The van der Waals surface area contributed by atoms with Crippen LogP contribution in [0.1, 0.15) is 29.8 Å². The molecular weight excluding hydrogens is 271 g/mol. The molecule has 1 aliphatic heterocycles. The zero-order valence-electron chi connectivity index (χ0n) is 12.3. The largest absolute Gasteiger partial charge is 0.335 e. The van der Waals surface area contributed by atoms with Crippen molar-refractivity contribution in [1.82, 2.24) is 14.8 Å². The first kappa shape index (κ1) is 15.9. The minimum atomic E-state index is -0.422. The molecule has 1 saturated heterocycles. The normalized spacial score (nSPS) is 16.2. The second-order valence-corrected chi connectivity index (χ2v) is 5.34. The highest BCUT2D eigenvalue weighted by molar-refractivity contribution is 5.92. The van der Waals surface area contributed by atoms with Gasteiger partial charge in [0.15, 0.2) is 0 Å². The Balaban J connectivity index is 1.75. The first-order valence-corrected chi connectivity index (χ1v) is 7.54. The lowest BCUT2D eigenvalue weighted by Gasteiger charge is -2.34. The number of unbranched alkanes of at least 4 members (excludes halogenated alkanes) is 2. The van der Waals surface area contributed by atoms with Gasteiger partial charge in [0.2, 0.25) is 0 Å². The van der Waals surface area contributed by atoms with Crippen LogP contribution in [0.2, 0.25) is 0 Å². The summed E-state index contributed by atoms with van der Waals surface area (Å²) < 4.78 is 12.8. The number of halogens is 1. The Morgan fingerprint density at radius 1 is 1.19 bits per heavy atom.